The van der Waals surface area contributed by atoms with E-state index >= 15 is 0 Å². The average molecular weight is 294 g/mol. The molecule has 2 aromatic heterocycles. The van der Waals surface area contributed by atoms with Crippen molar-refractivity contribution < 1.29 is 18.3 Å². The average Bonchev–Trinajstić information content (AvgIpc) is 2.65. The summed E-state index contributed by atoms with van der Waals surface area (Å²) in [6.45, 7) is 2.36. The predicted octanol–water partition coefficient (Wildman–Crippen LogP) is 3.26. The van der Waals surface area contributed by atoms with Crippen LogP contribution in [0.2, 0.25) is 5.15 Å². The molecule has 0 saturated carbocycles. The van der Waals surface area contributed by atoms with Crippen molar-refractivity contribution in [2.45, 2.75) is 32.2 Å². The summed E-state index contributed by atoms with van der Waals surface area (Å²) >= 11 is 5.70. The molecule has 8 heteroatoms. The topological polar surface area (TPSA) is 50.9 Å². The zero-order valence-corrected chi connectivity index (χ0v) is 10.9. The van der Waals surface area contributed by atoms with Gasteiger partial charge >= 0.3 is 6.18 Å². The highest BCUT2D eigenvalue weighted by Gasteiger charge is 2.39. The van der Waals surface area contributed by atoms with E-state index in [1.165, 1.54) is 19.2 Å². The van der Waals surface area contributed by atoms with E-state index in [2.05, 4.69) is 9.97 Å². The van der Waals surface area contributed by atoms with Crippen LogP contribution in [0.5, 0.6) is 0 Å². The predicted molar refractivity (Wildman–Crippen MR) is 63.9 cm³/mol. The first-order chi connectivity index (χ1) is 8.71. The number of aliphatic hydroxyl groups is 1. The Hall–Kier alpha value is -1.34. The molecule has 0 aliphatic rings. The summed E-state index contributed by atoms with van der Waals surface area (Å²) in [6, 6.07) is -0.515. The van der Waals surface area contributed by atoms with E-state index in [-0.39, 0.29) is 22.0 Å². The summed E-state index contributed by atoms with van der Waals surface area (Å²) in [4.78, 5) is 7.75. The molecule has 0 fully saturated rings. The quantitative estimate of drug-likeness (QED) is 0.865. The molecule has 4 nitrogen and oxygen atoms in total. The van der Waals surface area contributed by atoms with E-state index < -0.39 is 18.3 Å². The van der Waals surface area contributed by atoms with Gasteiger partial charge in [0.2, 0.25) is 0 Å². The van der Waals surface area contributed by atoms with Gasteiger partial charge in [0.25, 0.3) is 0 Å². The molecule has 0 unspecified atom stereocenters. The summed E-state index contributed by atoms with van der Waals surface area (Å²) in [5.41, 5.74) is 0.456. The summed E-state index contributed by atoms with van der Waals surface area (Å²) in [6.07, 6.45) is -4.30. The minimum Gasteiger partial charge on any atom is -0.385 e. The van der Waals surface area contributed by atoms with Gasteiger partial charge < -0.3 is 9.67 Å². The molecule has 0 radical (unpaired) electrons. The molecular weight excluding hydrogens is 283 g/mol. The van der Waals surface area contributed by atoms with Crippen molar-refractivity contribution in [3.05, 3.63) is 23.2 Å². The van der Waals surface area contributed by atoms with Crippen LogP contribution < -0.4 is 0 Å². The molecule has 19 heavy (non-hydrogen) atoms. The van der Waals surface area contributed by atoms with Crippen LogP contribution in [-0.2, 0) is 0 Å². The molecule has 0 spiro atoms. The first-order valence-corrected chi connectivity index (χ1v) is 5.87. The van der Waals surface area contributed by atoms with Crippen LogP contribution in [0.3, 0.4) is 0 Å². The van der Waals surface area contributed by atoms with Gasteiger partial charge in [0.15, 0.2) is 0 Å². The van der Waals surface area contributed by atoms with E-state index in [1.54, 1.807) is 0 Å². The number of hydrogen-bond acceptors (Lipinski definition) is 3. The first kappa shape index (κ1) is 14.1. The monoisotopic (exact) mass is 293 g/mol. The highest BCUT2D eigenvalue weighted by molar-refractivity contribution is 6.29. The molecule has 0 aromatic carbocycles. The molecule has 0 amide bonds. The number of pyridine rings is 1. The van der Waals surface area contributed by atoms with Crippen LogP contribution in [0.4, 0.5) is 13.2 Å². The third kappa shape index (κ3) is 2.52. The Morgan fingerprint density at radius 3 is 2.53 bits per heavy atom. The minimum atomic E-state index is -4.45. The fourth-order valence-corrected chi connectivity index (χ4v) is 1.99. The van der Waals surface area contributed by atoms with Gasteiger partial charge in [0.1, 0.15) is 28.6 Å². The largest absolute Gasteiger partial charge is 0.408 e. The zero-order chi connectivity index (χ0) is 14.4. The second kappa shape index (κ2) is 4.64. The molecular formula is C11H11ClF3N3O. The standard InChI is InChI=1S/C11H11ClF3N3O/c1-5(19)10-17-7-4-16-9(12)3-8(7)18(10)6(2)11(13,14)15/h3-6,19H,1-2H3/t5-,6+/m1/s1. The zero-order valence-electron chi connectivity index (χ0n) is 10.1. The summed E-state index contributed by atoms with van der Waals surface area (Å²) in [5.74, 6) is -0.0658. The smallest absolute Gasteiger partial charge is 0.385 e. The van der Waals surface area contributed by atoms with Gasteiger partial charge in [0.05, 0.1) is 11.7 Å². The number of aromatic nitrogens is 3. The van der Waals surface area contributed by atoms with Crippen LogP contribution in [0, 0.1) is 0 Å². The highest BCUT2D eigenvalue weighted by Crippen LogP contribution is 2.35. The van der Waals surface area contributed by atoms with Gasteiger partial charge in [-0.3, -0.25) is 0 Å². The number of nitrogens with zero attached hydrogens (tertiary/aromatic N) is 3. The molecule has 0 bridgehead atoms. The Morgan fingerprint density at radius 1 is 1.37 bits per heavy atom. The molecule has 0 aliphatic heterocycles. The number of fused-ring (bicyclic) bond motifs is 1. The molecule has 2 rings (SSSR count). The normalized spacial score (nSPS) is 15.7. The van der Waals surface area contributed by atoms with Crippen LogP contribution in [0.15, 0.2) is 12.3 Å². The summed E-state index contributed by atoms with van der Waals surface area (Å²) in [7, 11) is 0. The number of imidazole rings is 1. The third-order valence-corrected chi connectivity index (χ3v) is 3.01. The summed E-state index contributed by atoms with van der Waals surface area (Å²) in [5, 5.41) is 9.66. The lowest BCUT2D eigenvalue weighted by molar-refractivity contribution is -0.163. The number of alkyl halides is 3. The Kier molecular flexibility index (Phi) is 3.44. The van der Waals surface area contributed by atoms with E-state index in [4.69, 9.17) is 11.6 Å². The van der Waals surface area contributed by atoms with E-state index in [0.717, 1.165) is 11.5 Å². The lowest BCUT2D eigenvalue weighted by Gasteiger charge is -2.21. The van der Waals surface area contributed by atoms with Gasteiger partial charge in [0, 0.05) is 6.07 Å². The van der Waals surface area contributed by atoms with Gasteiger partial charge in [-0.05, 0) is 13.8 Å². The van der Waals surface area contributed by atoms with Gasteiger partial charge in [-0.15, -0.1) is 0 Å². The first-order valence-electron chi connectivity index (χ1n) is 5.50. The molecule has 104 valence electrons. The Balaban J connectivity index is 2.74. The fraction of sp³-hybridized carbons (Fsp3) is 0.455. The fourth-order valence-electron chi connectivity index (χ4n) is 1.84. The highest BCUT2D eigenvalue weighted by atomic mass is 35.5. The molecule has 1 N–H and O–H groups in total. The van der Waals surface area contributed by atoms with Gasteiger partial charge in [-0.2, -0.15) is 13.2 Å². The van der Waals surface area contributed by atoms with Crippen molar-refractivity contribution in [2.24, 2.45) is 0 Å². The number of hydrogen-bond donors (Lipinski definition) is 1. The Morgan fingerprint density at radius 2 is 2.00 bits per heavy atom. The van der Waals surface area contributed by atoms with E-state index in [9.17, 15) is 18.3 Å². The van der Waals surface area contributed by atoms with Crippen molar-refractivity contribution in [3.63, 3.8) is 0 Å². The van der Waals surface area contributed by atoms with Crippen LogP contribution >= 0.6 is 11.6 Å². The maximum Gasteiger partial charge on any atom is 0.408 e. The second-order valence-electron chi connectivity index (χ2n) is 4.23. The second-order valence-corrected chi connectivity index (χ2v) is 4.62. The SMILES string of the molecule is C[C@H](n1c([C@@H](C)O)nc2cnc(Cl)cc21)C(F)(F)F. The van der Waals surface area contributed by atoms with Crippen molar-refractivity contribution in [3.8, 4) is 0 Å². The van der Waals surface area contributed by atoms with Gasteiger partial charge in [-0.1, -0.05) is 11.6 Å². The van der Waals surface area contributed by atoms with Crippen LogP contribution in [0.25, 0.3) is 11.0 Å². The van der Waals surface area contributed by atoms with Gasteiger partial charge in [-0.25, -0.2) is 9.97 Å². The lowest BCUT2D eigenvalue weighted by Crippen LogP contribution is -2.25. The van der Waals surface area contributed by atoms with Crippen molar-refractivity contribution in [2.75, 3.05) is 0 Å². The van der Waals surface area contributed by atoms with Crippen molar-refractivity contribution in [1.82, 2.24) is 14.5 Å². The molecule has 2 atom stereocenters. The van der Waals surface area contributed by atoms with Crippen LogP contribution in [-0.4, -0.2) is 25.8 Å². The van der Waals surface area contributed by atoms with E-state index in [1.807, 2.05) is 0 Å². The molecule has 2 aromatic rings. The molecule has 0 aliphatic carbocycles. The van der Waals surface area contributed by atoms with Crippen molar-refractivity contribution in [1.29, 1.82) is 0 Å². The maximum absolute atomic E-state index is 12.9. The number of aliphatic hydroxyl groups excluding tert-OH is 1. The Labute approximate surface area is 111 Å². The van der Waals surface area contributed by atoms with Crippen LogP contribution in [0.1, 0.15) is 31.8 Å². The van der Waals surface area contributed by atoms with Crippen molar-refractivity contribution >= 4 is 22.6 Å². The summed E-state index contributed by atoms with van der Waals surface area (Å²) < 4.78 is 39.7. The van der Waals surface area contributed by atoms with E-state index in [0.29, 0.717) is 0 Å². The maximum atomic E-state index is 12.9. The molecule has 0 saturated heterocycles. The lowest BCUT2D eigenvalue weighted by atomic mass is 10.2. The molecule has 2 heterocycles. The number of halogens is 4. The number of rotatable bonds is 2. The minimum absolute atomic E-state index is 0.0658. The Bertz CT molecular complexity index is 609. The third-order valence-electron chi connectivity index (χ3n) is 2.80.